The predicted octanol–water partition coefficient (Wildman–Crippen LogP) is 8.71. The standard InChI is InChI=1S/2C12H8N.C10H15.Y/c2*1-3-7-11-9(5-1)10-6-2-4-8-12(10)13-11;1-2-3-9-6-8-4-5-10(9)7-8;/h2*1-8H;4-5,8-10H,1-3,6-7H2;/q3*-1;+3. The second-order valence-electron chi connectivity index (χ2n) is 9.97. The Morgan fingerprint density at radius 3 is 1.30 bits per heavy atom. The van der Waals surface area contributed by atoms with Crippen molar-refractivity contribution in [3.63, 3.8) is 0 Å². The van der Waals surface area contributed by atoms with Crippen LogP contribution in [0.2, 0.25) is 0 Å². The first-order valence-corrected chi connectivity index (χ1v) is 13.1. The first-order valence-electron chi connectivity index (χ1n) is 13.1. The van der Waals surface area contributed by atoms with E-state index < -0.39 is 0 Å². The van der Waals surface area contributed by atoms with Gasteiger partial charge in [0.1, 0.15) is 0 Å². The third kappa shape index (κ3) is 5.47. The molecule has 3 atom stereocenters. The van der Waals surface area contributed by atoms with Gasteiger partial charge in [-0.1, -0.05) is 116 Å². The molecular formula is C34H31N2Y. The zero-order valence-electron chi connectivity index (χ0n) is 21.1. The minimum Gasteiger partial charge on any atom is -0.657 e. The van der Waals surface area contributed by atoms with Gasteiger partial charge < -0.3 is 16.9 Å². The first kappa shape index (κ1) is 26.0. The van der Waals surface area contributed by atoms with E-state index in [1.165, 1.54) is 40.8 Å². The van der Waals surface area contributed by atoms with E-state index >= 15 is 0 Å². The molecule has 3 heteroatoms. The molecule has 0 spiro atoms. The fourth-order valence-corrected chi connectivity index (χ4v) is 5.94. The number of hydrogen-bond acceptors (Lipinski definition) is 0. The molecule has 0 radical (unpaired) electrons. The van der Waals surface area contributed by atoms with E-state index in [1.54, 1.807) is 0 Å². The van der Waals surface area contributed by atoms with Crippen molar-refractivity contribution in [2.45, 2.75) is 25.7 Å². The zero-order chi connectivity index (χ0) is 24.3. The van der Waals surface area contributed by atoms with Gasteiger partial charge in [0.05, 0.1) is 0 Å². The van der Waals surface area contributed by atoms with Crippen LogP contribution in [0.5, 0.6) is 0 Å². The summed E-state index contributed by atoms with van der Waals surface area (Å²) in [5.74, 6) is 2.88. The first-order chi connectivity index (χ1) is 17.8. The monoisotopic (exact) mass is 556 g/mol. The molecule has 6 aromatic rings. The second-order valence-corrected chi connectivity index (χ2v) is 9.97. The average Bonchev–Trinajstić information content (AvgIpc) is 3.71. The molecule has 0 saturated heterocycles. The van der Waals surface area contributed by atoms with Gasteiger partial charge in [0.25, 0.3) is 0 Å². The molecule has 0 aliphatic heterocycles. The van der Waals surface area contributed by atoms with Crippen molar-refractivity contribution in [3.8, 4) is 0 Å². The molecule has 37 heavy (non-hydrogen) atoms. The summed E-state index contributed by atoms with van der Waals surface area (Å²) in [5, 5.41) is 4.99. The van der Waals surface area contributed by atoms with Gasteiger partial charge in [-0.05, 0) is 52.1 Å². The second kappa shape index (κ2) is 11.8. The Morgan fingerprint density at radius 2 is 0.973 bits per heavy atom. The number of rotatable bonds is 2. The zero-order valence-corrected chi connectivity index (χ0v) is 24.0. The number of nitrogens with zero attached hydrogens (tertiary/aromatic N) is 2. The predicted molar refractivity (Wildman–Crippen MR) is 153 cm³/mol. The Hall–Kier alpha value is -2.68. The van der Waals surface area contributed by atoms with Crippen molar-refractivity contribution >= 4 is 43.6 Å². The quantitative estimate of drug-likeness (QED) is 0.158. The average molecular weight is 557 g/mol. The summed E-state index contributed by atoms with van der Waals surface area (Å²) in [4.78, 5) is 9.03. The normalized spacial score (nSPS) is 19.4. The minimum absolute atomic E-state index is 0. The van der Waals surface area contributed by atoms with Gasteiger partial charge in [0, 0.05) is 0 Å². The van der Waals surface area contributed by atoms with E-state index in [0.717, 1.165) is 46.2 Å². The van der Waals surface area contributed by atoms with Crippen molar-refractivity contribution in [1.82, 2.24) is 9.97 Å². The van der Waals surface area contributed by atoms with Gasteiger partial charge in [-0.25, -0.2) is 0 Å². The SMILES string of the molecule is [CH2-]CCC1CC2C=CC1C2.[Y+3].c1ccc2c(c1)[n-]c1ccccc12.c1ccc2c(c1)[n-]c1ccccc12. The van der Waals surface area contributed by atoms with Crippen LogP contribution in [-0.2, 0) is 32.7 Å². The van der Waals surface area contributed by atoms with Crippen molar-refractivity contribution in [1.29, 1.82) is 0 Å². The number of fused-ring (bicyclic) bond motifs is 8. The third-order valence-corrected chi connectivity index (χ3v) is 7.67. The van der Waals surface area contributed by atoms with Crippen molar-refractivity contribution in [2.75, 3.05) is 0 Å². The summed E-state index contributed by atoms with van der Waals surface area (Å²) in [5.41, 5.74) is 4.35. The van der Waals surface area contributed by atoms with Crippen LogP contribution in [0.25, 0.3) is 43.6 Å². The third-order valence-electron chi connectivity index (χ3n) is 7.67. The van der Waals surface area contributed by atoms with E-state index in [2.05, 4.69) is 102 Å². The van der Waals surface area contributed by atoms with Crippen molar-refractivity contribution in [3.05, 3.63) is 116 Å². The van der Waals surface area contributed by atoms with Crippen LogP contribution in [0.4, 0.5) is 0 Å². The molecule has 180 valence electrons. The number of hydrogen-bond donors (Lipinski definition) is 0. The van der Waals surface area contributed by atoms with Gasteiger partial charge >= 0.3 is 32.7 Å². The van der Waals surface area contributed by atoms with Gasteiger partial charge in [0.2, 0.25) is 0 Å². The summed E-state index contributed by atoms with van der Waals surface area (Å²) in [6.07, 6.45) is 10.2. The smallest absolute Gasteiger partial charge is 0.657 e. The maximum Gasteiger partial charge on any atom is 3.00 e. The Balaban J connectivity index is 0.000000113. The van der Waals surface area contributed by atoms with Crippen molar-refractivity contribution in [2.24, 2.45) is 17.8 Å². The molecular weight excluding hydrogens is 525 g/mol. The van der Waals surface area contributed by atoms with Crippen molar-refractivity contribution < 1.29 is 32.7 Å². The molecule has 2 aromatic heterocycles. The molecule has 2 heterocycles. The molecule has 0 amide bonds. The summed E-state index contributed by atoms with van der Waals surface area (Å²) < 4.78 is 0. The summed E-state index contributed by atoms with van der Waals surface area (Å²) in [7, 11) is 0. The van der Waals surface area contributed by atoms with Crippen LogP contribution in [-0.4, -0.2) is 0 Å². The van der Waals surface area contributed by atoms with Gasteiger partial charge in [0.15, 0.2) is 0 Å². The summed E-state index contributed by atoms with van der Waals surface area (Å²) >= 11 is 0. The number of aromatic nitrogens is 2. The van der Waals surface area contributed by atoms with Crippen LogP contribution in [0.1, 0.15) is 25.7 Å². The van der Waals surface area contributed by atoms with E-state index in [1.807, 2.05) is 24.3 Å². The largest absolute Gasteiger partial charge is 3.00 e. The molecule has 2 nitrogen and oxygen atoms in total. The van der Waals surface area contributed by atoms with E-state index in [9.17, 15) is 0 Å². The molecule has 2 bridgehead atoms. The van der Waals surface area contributed by atoms with Gasteiger partial charge in [-0.2, -0.15) is 6.42 Å². The Morgan fingerprint density at radius 1 is 0.568 bits per heavy atom. The number of benzene rings is 4. The Labute approximate surface area is 244 Å². The fraction of sp³-hybridized carbons (Fsp3) is 0.206. The van der Waals surface area contributed by atoms with Crippen LogP contribution in [0, 0.1) is 24.7 Å². The maximum absolute atomic E-state index is 4.52. The van der Waals surface area contributed by atoms with E-state index in [4.69, 9.17) is 0 Å². The molecule has 1 saturated carbocycles. The van der Waals surface area contributed by atoms with Gasteiger partial charge in [-0.15, -0.1) is 22.1 Å². The molecule has 2 aliphatic carbocycles. The minimum atomic E-state index is 0. The topological polar surface area (TPSA) is 28.2 Å². The summed E-state index contributed by atoms with van der Waals surface area (Å²) in [6, 6.07) is 33.0. The molecule has 8 rings (SSSR count). The fourth-order valence-electron chi connectivity index (χ4n) is 5.94. The molecule has 1 fully saturated rings. The van der Waals surface area contributed by atoms with Crippen LogP contribution < -0.4 is 9.97 Å². The number of allylic oxidation sites excluding steroid dienone is 2. The molecule has 4 aromatic carbocycles. The van der Waals surface area contributed by atoms with Crippen LogP contribution >= 0.6 is 0 Å². The molecule has 3 unspecified atom stereocenters. The van der Waals surface area contributed by atoms with Crippen LogP contribution in [0.3, 0.4) is 0 Å². The Bertz CT molecular complexity index is 1430. The van der Waals surface area contributed by atoms with E-state index in [0.29, 0.717) is 0 Å². The molecule has 2 aliphatic rings. The Kier molecular flexibility index (Phi) is 8.28. The van der Waals surface area contributed by atoms with Gasteiger partial charge in [-0.3, -0.25) is 0 Å². The molecule has 0 N–H and O–H groups in total. The maximum atomic E-state index is 4.52. The van der Waals surface area contributed by atoms with E-state index in [-0.39, 0.29) is 32.7 Å². The van der Waals surface area contributed by atoms with Crippen LogP contribution in [0.15, 0.2) is 109 Å². The number of para-hydroxylation sites is 4. The summed E-state index contributed by atoms with van der Waals surface area (Å²) in [6.45, 7) is 3.91.